The van der Waals surface area contributed by atoms with E-state index in [-0.39, 0.29) is 5.91 Å². The Hall–Kier alpha value is -2.44. The minimum Gasteiger partial charge on any atom is -0.493 e. The van der Waals surface area contributed by atoms with Gasteiger partial charge in [0.2, 0.25) is 0 Å². The van der Waals surface area contributed by atoms with E-state index in [1.807, 2.05) is 23.6 Å². The number of hydrogen-bond donors (Lipinski definition) is 0. The molecule has 0 bridgehead atoms. The molecule has 2 aromatic heterocycles. The van der Waals surface area contributed by atoms with Crippen LogP contribution in [0.3, 0.4) is 0 Å². The highest BCUT2D eigenvalue weighted by Gasteiger charge is 2.21. The Labute approximate surface area is 160 Å². The molecule has 0 saturated carbocycles. The van der Waals surface area contributed by atoms with Crippen molar-refractivity contribution in [2.45, 2.75) is 13.1 Å². The summed E-state index contributed by atoms with van der Waals surface area (Å²) in [5.41, 5.74) is 0.427. The minimum absolute atomic E-state index is 0.169. The minimum atomic E-state index is -0.169. The maximum atomic E-state index is 13.2. The number of thiophene rings is 1. The fourth-order valence-corrected chi connectivity index (χ4v) is 3.61. The smallest absolute Gasteiger partial charge is 0.254 e. The van der Waals surface area contributed by atoms with Crippen LogP contribution in [0.4, 0.5) is 0 Å². The fourth-order valence-electron chi connectivity index (χ4n) is 2.60. The molecule has 0 atom stereocenters. The highest BCUT2D eigenvalue weighted by Crippen LogP contribution is 2.36. The average Bonchev–Trinajstić information content (AvgIpc) is 3.33. The van der Waals surface area contributed by atoms with E-state index in [2.05, 4.69) is 0 Å². The Morgan fingerprint density at radius 1 is 1.19 bits per heavy atom. The zero-order valence-corrected chi connectivity index (χ0v) is 16.0. The van der Waals surface area contributed by atoms with Crippen molar-refractivity contribution in [1.82, 2.24) is 4.90 Å². The van der Waals surface area contributed by atoms with Gasteiger partial charge in [-0.1, -0.05) is 17.7 Å². The molecule has 1 amide bonds. The number of carbonyl (C=O) groups excluding carboxylic acids is 1. The standard InChI is InChI=1S/C19H18ClNO4S/c1-23-17-10-13(9-16(20)18(17)24-2)19(22)21(11-14-5-3-7-25-14)12-15-6-4-8-26-15/h3-10H,11-12H2,1-2H3. The van der Waals surface area contributed by atoms with E-state index in [0.29, 0.717) is 40.9 Å². The van der Waals surface area contributed by atoms with E-state index in [0.717, 1.165) is 4.88 Å². The van der Waals surface area contributed by atoms with E-state index < -0.39 is 0 Å². The molecule has 0 fully saturated rings. The van der Waals surface area contributed by atoms with Crippen molar-refractivity contribution < 1.29 is 18.7 Å². The molecule has 5 nitrogen and oxygen atoms in total. The highest BCUT2D eigenvalue weighted by molar-refractivity contribution is 7.09. The molecule has 2 heterocycles. The topological polar surface area (TPSA) is 51.9 Å². The molecule has 0 aliphatic rings. The monoisotopic (exact) mass is 391 g/mol. The van der Waals surface area contributed by atoms with Crippen molar-refractivity contribution >= 4 is 28.8 Å². The second-order valence-corrected chi connectivity index (χ2v) is 6.95. The summed E-state index contributed by atoms with van der Waals surface area (Å²) in [7, 11) is 3.01. The Morgan fingerprint density at radius 2 is 2.04 bits per heavy atom. The van der Waals surface area contributed by atoms with E-state index in [1.54, 1.807) is 40.7 Å². The van der Waals surface area contributed by atoms with Crippen molar-refractivity contribution in [3.8, 4) is 11.5 Å². The van der Waals surface area contributed by atoms with Crippen LogP contribution in [-0.2, 0) is 13.1 Å². The number of methoxy groups -OCH3 is 2. The molecule has 0 spiro atoms. The summed E-state index contributed by atoms with van der Waals surface area (Å²) in [6.07, 6.45) is 1.59. The van der Waals surface area contributed by atoms with Crippen LogP contribution in [0.25, 0.3) is 0 Å². The lowest BCUT2D eigenvalue weighted by molar-refractivity contribution is 0.0719. The average molecular weight is 392 g/mol. The lowest BCUT2D eigenvalue weighted by atomic mass is 10.1. The van der Waals surface area contributed by atoms with E-state index in [4.69, 9.17) is 25.5 Å². The third-order valence-electron chi connectivity index (χ3n) is 3.82. The van der Waals surface area contributed by atoms with E-state index in [1.165, 1.54) is 14.2 Å². The number of amides is 1. The van der Waals surface area contributed by atoms with Crippen LogP contribution in [-0.4, -0.2) is 25.0 Å². The maximum absolute atomic E-state index is 13.2. The number of hydrogen-bond acceptors (Lipinski definition) is 5. The van der Waals surface area contributed by atoms with Crippen molar-refractivity contribution in [2.75, 3.05) is 14.2 Å². The fraction of sp³-hybridized carbons (Fsp3) is 0.211. The Bertz CT molecular complexity index is 826. The zero-order valence-electron chi connectivity index (χ0n) is 14.4. The van der Waals surface area contributed by atoms with Gasteiger partial charge in [-0.05, 0) is 35.7 Å². The normalized spacial score (nSPS) is 10.6. The van der Waals surface area contributed by atoms with E-state index in [9.17, 15) is 4.79 Å². The number of ether oxygens (including phenoxy) is 2. The van der Waals surface area contributed by atoms with Crippen LogP contribution in [0.5, 0.6) is 11.5 Å². The second kappa shape index (κ2) is 8.29. The number of benzene rings is 1. The molecule has 0 aliphatic carbocycles. The largest absolute Gasteiger partial charge is 0.493 e. The van der Waals surface area contributed by atoms with Crippen molar-refractivity contribution in [3.63, 3.8) is 0 Å². The van der Waals surface area contributed by atoms with Gasteiger partial charge in [0.1, 0.15) is 5.76 Å². The number of furan rings is 1. The van der Waals surface area contributed by atoms with Gasteiger partial charge >= 0.3 is 0 Å². The molecule has 3 aromatic rings. The van der Waals surface area contributed by atoms with Gasteiger partial charge in [0.05, 0.1) is 38.6 Å². The SMILES string of the molecule is COc1cc(C(=O)N(Cc2ccco2)Cc2cccs2)cc(Cl)c1OC. The molecule has 1 aromatic carbocycles. The van der Waals surface area contributed by atoms with Crippen molar-refractivity contribution in [2.24, 2.45) is 0 Å². The number of carbonyl (C=O) groups is 1. The van der Waals surface area contributed by atoms with Crippen LogP contribution < -0.4 is 9.47 Å². The van der Waals surface area contributed by atoms with Gasteiger partial charge in [-0.15, -0.1) is 11.3 Å². The van der Waals surface area contributed by atoms with Crippen LogP contribution >= 0.6 is 22.9 Å². The van der Waals surface area contributed by atoms with Gasteiger partial charge in [-0.2, -0.15) is 0 Å². The maximum Gasteiger partial charge on any atom is 0.254 e. The van der Waals surface area contributed by atoms with Gasteiger partial charge in [-0.25, -0.2) is 0 Å². The number of halogens is 1. The summed E-state index contributed by atoms with van der Waals surface area (Å²) < 4.78 is 16.0. The van der Waals surface area contributed by atoms with Gasteiger partial charge in [-0.3, -0.25) is 4.79 Å². The number of nitrogens with zero attached hydrogens (tertiary/aromatic N) is 1. The molecule has 7 heteroatoms. The van der Waals surface area contributed by atoms with Gasteiger partial charge < -0.3 is 18.8 Å². The lowest BCUT2D eigenvalue weighted by Gasteiger charge is -2.22. The van der Waals surface area contributed by atoms with Crippen LogP contribution in [0, 0.1) is 0 Å². The predicted octanol–water partition coefficient (Wildman–Crippen LogP) is 4.85. The van der Waals surface area contributed by atoms with Gasteiger partial charge in [0, 0.05) is 10.4 Å². The first-order valence-corrected chi connectivity index (χ1v) is 9.13. The molecule has 3 rings (SSSR count). The summed E-state index contributed by atoms with van der Waals surface area (Å²) >= 11 is 7.85. The summed E-state index contributed by atoms with van der Waals surface area (Å²) in [6, 6.07) is 10.8. The lowest BCUT2D eigenvalue weighted by Crippen LogP contribution is -2.29. The van der Waals surface area contributed by atoms with Crippen molar-refractivity contribution in [1.29, 1.82) is 0 Å². The summed E-state index contributed by atoms with van der Waals surface area (Å²) in [5, 5.41) is 2.31. The molecule has 0 radical (unpaired) electrons. The summed E-state index contributed by atoms with van der Waals surface area (Å²) in [6.45, 7) is 0.832. The molecular weight excluding hydrogens is 374 g/mol. The molecule has 26 heavy (non-hydrogen) atoms. The Kier molecular flexibility index (Phi) is 5.85. The van der Waals surface area contributed by atoms with Gasteiger partial charge in [0.15, 0.2) is 11.5 Å². The highest BCUT2D eigenvalue weighted by atomic mass is 35.5. The van der Waals surface area contributed by atoms with Crippen LogP contribution in [0.2, 0.25) is 5.02 Å². The zero-order chi connectivity index (χ0) is 18.5. The quantitative estimate of drug-likeness (QED) is 0.577. The first-order valence-electron chi connectivity index (χ1n) is 7.88. The third kappa shape index (κ3) is 4.03. The van der Waals surface area contributed by atoms with Crippen LogP contribution in [0.1, 0.15) is 21.0 Å². The molecule has 0 saturated heterocycles. The van der Waals surface area contributed by atoms with Gasteiger partial charge in [0.25, 0.3) is 5.91 Å². The Balaban J connectivity index is 1.92. The Morgan fingerprint density at radius 3 is 2.65 bits per heavy atom. The first-order chi connectivity index (χ1) is 12.6. The summed E-state index contributed by atoms with van der Waals surface area (Å²) in [4.78, 5) is 15.9. The molecule has 0 N–H and O–H groups in total. The van der Waals surface area contributed by atoms with Crippen LogP contribution in [0.15, 0.2) is 52.5 Å². The third-order valence-corrected chi connectivity index (χ3v) is 4.96. The predicted molar refractivity (Wildman–Crippen MR) is 101 cm³/mol. The molecular formula is C19H18ClNO4S. The first kappa shape index (κ1) is 18.4. The second-order valence-electron chi connectivity index (χ2n) is 5.51. The number of rotatable bonds is 7. The summed E-state index contributed by atoms with van der Waals surface area (Å²) in [5.74, 6) is 1.36. The van der Waals surface area contributed by atoms with Crippen molar-refractivity contribution in [3.05, 3.63) is 69.3 Å². The molecule has 0 unspecified atom stereocenters. The molecule has 0 aliphatic heterocycles. The molecule has 136 valence electrons. The van der Waals surface area contributed by atoms with E-state index >= 15 is 0 Å².